The quantitative estimate of drug-likeness (QED) is 0.867. The molecule has 98 valence electrons. The summed E-state index contributed by atoms with van der Waals surface area (Å²) in [7, 11) is 0. The molecule has 0 saturated heterocycles. The molecule has 1 nitrogen and oxygen atoms in total. The SMILES string of the molecule is CCc1ccc(C2(N)CCC2)cc1-c1ccccc1. The third kappa shape index (κ3) is 2.19. The van der Waals surface area contributed by atoms with Crippen molar-refractivity contribution in [2.75, 3.05) is 0 Å². The maximum absolute atomic E-state index is 6.46. The van der Waals surface area contributed by atoms with E-state index in [2.05, 4.69) is 55.5 Å². The number of rotatable bonds is 3. The molecule has 0 spiro atoms. The topological polar surface area (TPSA) is 26.0 Å². The third-order valence-corrected chi connectivity index (χ3v) is 4.40. The van der Waals surface area contributed by atoms with Crippen LogP contribution < -0.4 is 5.73 Å². The summed E-state index contributed by atoms with van der Waals surface area (Å²) < 4.78 is 0. The Hall–Kier alpha value is -1.60. The number of nitrogens with two attached hydrogens (primary N) is 1. The summed E-state index contributed by atoms with van der Waals surface area (Å²) in [6.07, 6.45) is 4.55. The molecule has 1 aliphatic carbocycles. The van der Waals surface area contributed by atoms with Gasteiger partial charge in [-0.2, -0.15) is 0 Å². The van der Waals surface area contributed by atoms with Gasteiger partial charge in [0.15, 0.2) is 0 Å². The monoisotopic (exact) mass is 251 g/mol. The molecule has 0 heterocycles. The van der Waals surface area contributed by atoms with Gasteiger partial charge in [0.05, 0.1) is 0 Å². The molecule has 1 heteroatoms. The first-order valence-corrected chi connectivity index (χ1v) is 7.21. The minimum Gasteiger partial charge on any atom is -0.321 e. The highest BCUT2D eigenvalue weighted by Gasteiger charge is 2.34. The predicted octanol–water partition coefficient (Wildman–Crippen LogP) is 4.25. The minimum atomic E-state index is -0.0736. The molecule has 19 heavy (non-hydrogen) atoms. The molecule has 0 aromatic heterocycles. The lowest BCUT2D eigenvalue weighted by Crippen LogP contribution is -2.43. The molecule has 3 rings (SSSR count). The molecule has 1 saturated carbocycles. The Morgan fingerprint density at radius 3 is 2.37 bits per heavy atom. The van der Waals surface area contributed by atoms with Crippen LogP contribution in [0.2, 0.25) is 0 Å². The normalized spacial score (nSPS) is 16.9. The second kappa shape index (κ2) is 4.82. The fourth-order valence-electron chi connectivity index (χ4n) is 2.93. The molecule has 0 atom stereocenters. The van der Waals surface area contributed by atoms with Gasteiger partial charge in [-0.05, 0) is 54.0 Å². The molecule has 0 bridgehead atoms. The Kier molecular flexibility index (Phi) is 3.16. The van der Waals surface area contributed by atoms with E-state index in [-0.39, 0.29) is 5.54 Å². The summed E-state index contributed by atoms with van der Waals surface area (Å²) in [6.45, 7) is 2.21. The molecule has 0 unspecified atom stereocenters. The zero-order chi connectivity index (χ0) is 13.3. The van der Waals surface area contributed by atoms with Crippen LogP contribution in [0.25, 0.3) is 11.1 Å². The van der Waals surface area contributed by atoms with Crippen LogP contribution in [-0.2, 0) is 12.0 Å². The van der Waals surface area contributed by atoms with Crippen LogP contribution in [0.1, 0.15) is 37.3 Å². The molecule has 2 aromatic carbocycles. The average molecular weight is 251 g/mol. The van der Waals surface area contributed by atoms with Crippen LogP contribution in [0.15, 0.2) is 48.5 Å². The van der Waals surface area contributed by atoms with Crippen LogP contribution in [0, 0.1) is 0 Å². The molecule has 2 aromatic rings. The second-order valence-electron chi connectivity index (χ2n) is 5.60. The molecule has 2 N–H and O–H groups in total. The van der Waals surface area contributed by atoms with Gasteiger partial charge < -0.3 is 5.73 Å². The zero-order valence-electron chi connectivity index (χ0n) is 11.5. The van der Waals surface area contributed by atoms with Crippen molar-refractivity contribution in [3.63, 3.8) is 0 Å². The Morgan fingerprint density at radius 2 is 1.79 bits per heavy atom. The number of aryl methyl sites for hydroxylation is 1. The van der Waals surface area contributed by atoms with E-state index in [0.29, 0.717) is 0 Å². The first kappa shape index (κ1) is 12.4. The van der Waals surface area contributed by atoms with Gasteiger partial charge in [-0.1, -0.05) is 49.4 Å². The Bertz CT molecular complexity index is 567. The Labute approximate surface area is 115 Å². The van der Waals surface area contributed by atoms with E-state index >= 15 is 0 Å². The van der Waals surface area contributed by atoms with Crippen molar-refractivity contribution in [2.45, 2.75) is 38.1 Å². The summed E-state index contributed by atoms with van der Waals surface area (Å²) in [6, 6.07) is 17.4. The van der Waals surface area contributed by atoms with E-state index in [1.807, 2.05) is 0 Å². The van der Waals surface area contributed by atoms with Gasteiger partial charge in [-0.3, -0.25) is 0 Å². The molecular formula is C18H21N. The molecule has 1 fully saturated rings. The smallest absolute Gasteiger partial charge is 0.0409 e. The van der Waals surface area contributed by atoms with E-state index in [1.54, 1.807) is 0 Å². The van der Waals surface area contributed by atoms with E-state index < -0.39 is 0 Å². The van der Waals surface area contributed by atoms with Gasteiger partial charge in [-0.15, -0.1) is 0 Å². The van der Waals surface area contributed by atoms with Gasteiger partial charge >= 0.3 is 0 Å². The first-order chi connectivity index (χ1) is 9.23. The molecule has 0 aliphatic heterocycles. The van der Waals surface area contributed by atoms with E-state index in [9.17, 15) is 0 Å². The van der Waals surface area contributed by atoms with E-state index in [0.717, 1.165) is 19.3 Å². The van der Waals surface area contributed by atoms with Crippen LogP contribution in [0.3, 0.4) is 0 Å². The lowest BCUT2D eigenvalue weighted by atomic mass is 9.72. The largest absolute Gasteiger partial charge is 0.321 e. The fourth-order valence-corrected chi connectivity index (χ4v) is 2.93. The second-order valence-corrected chi connectivity index (χ2v) is 5.60. The maximum Gasteiger partial charge on any atom is 0.0409 e. The number of hydrogen-bond donors (Lipinski definition) is 1. The summed E-state index contributed by atoms with van der Waals surface area (Å²) in [5.41, 5.74) is 11.7. The van der Waals surface area contributed by atoms with Gasteiger partial charge in [0.25, 0.3) is 0 Å². The number of hydrogen-bond acceptors (Lipinski definition) is 1. The molecule has 1 aliphatic rings. The van der Waals surface area contributed by atoms with Crippen molar-refractivity contribution >= 4 is 0 Å². The zero-order valence-corrected chi connectivity index (χ0v) is 11.5. The number of benzene rings is 2. The molecule has 0 amide bonds. The van der Waals surface area contributed by atoms with Gasteiger partial charge in [0.1, 0.15) is 0 Å². The lowest BCUT2D eigenvalue weighted by molar-refractivity contribution is 0.253. The standard InChI is InChI=1S/C18H21N/c1-2-14-9-10-16(18(19)11-6-12-18)13-17(14)15-7-4-3-5-8-15/h3-5,7-10,13H,2,6,11-12,19H2,1H3. The maximum atomic E-state index is 6.46. The van der Waals surface area contributed by atoms with Crippen molar-refractivity contribution in [3.8, 4) is 11.1 Å². The molecule has 0 radical (unpaired) electrons. The van der Waals surface area contributed by atoms with Crippen molar-refractivity contribution in [3.05, 3.63) is 59.7 Å². The highest BCUT2D eigenvalue weighted by molar-refractivity contribution is 5.68. The van der Waals surface area contributed by atoms with E-state index in [1.165, 1.54) is 28.7 Å². The lowest BCUT2D eigenvalue weighted by Gasteiger charge is -2.39. The summed E-state index contributed by atoms with van der Waals surface area (Å²) in [5, 5.41) is 0. The third-order valence-electron chi connectivity index (χ3n) is 4.40. The van der Waals surface area contributed by atoms with Crippen LogP contribution in [-0.4, -0.2) is 0 Å². The van der Waals surface area contributed by atoms with Crippen molar-refractivity contribution < 1.29 is 0 Å². The average Bonchev–Trinajstić information content (AvgIpc) is 2.45. The van der Waals surface area contributed by atoms with Gasteiger partial charge in [-0.25, -0.2) is 0 Å². The van der Waals surface area contributed by atoms with Crippen molar-refractivity contribution in [2.24, 2.45) is 5.73 Å². The summed E-state index contributed by atoms with van der Waals surface area (Å²) in [5.74, 6) is 0. The Balaban J connectivity index is 2.08. The molecular weight excluding hydrogens is 230 g/mol. The summed E-state index contributed by atoms with van der Waals surface area (Å²) >= 11 is 0. The van der Waals surface area contributed by atoms with Crippen molar-refractivity contribution in [1.29, 1.82) is 0 Å². The van der Waals surface area contributed by atoms with E-state index in [4.69, 9.17) is 5.73 Å². The summed E-state index contributed by atoms with van der Waals surface area (Å²) in [4.78, 5) is 0. The van der Waals surface area contributed by atoms with Crippen LogP contribution in [0.4, 0.5) is 0 Å². The Morgan fingerprint density at radius 1 is 1.05 bits per heavy atom. The fraction of sp³-hybridized carbons (Fsp3) is 0.333. The van der Waals surface area contributed by atoms with Gasteiger partial charge in [0.2, 0.25) is 0 Å². The predicted molar refractivity (Wildman–Crippen MR) is 81.0 cm³/mol. The highest BCUT2D eigenvalue weighted by atomic mass is 14.8. The minimum absolute atomic E-state index is 0.0736. The van der Waals surface area contributed by atoms with Crippen LogP contribution in [0.5, 0.6) is 0 Å². The van der Waals surface area contributed by atoms with Gasteiger partial charge in [0, 0.05) is 5.54 Å². The highest BCUT2D eigenvalue weighted by Crippen LogP contribution is 2.40. The van der Waals surface area contributed by atoms with Crippen molar-refractivity contribution in [1.82, 2.24) is 0 Å². The van der Waals surface area contributed by atoms with Crippen LogP contribution >= 0.6 is 0 Å². The first-order valence-electron chi connectivity index (χ1n) is 7.21.